The van der Waals surface area contributed by atoms with Gasteiger partial charge in [0.05, 0.1) is 0 Å². The molecule has 146 valence electrons. The largest absolute Gasteiger partial charge is 0.384 e. The van der Waals surface area contributed by atoms with Gasteiger partial charge in [0.15, 0.2) is 0 Å². The maximum atomic E-state index is 13.4. The van der Waals surface area contributed by atoms with Gasteiger partial charge in [-0.15, -0.1) is 0 Å². The average molecular weight is 388 g/mol. The second kappa shape index (κ2) is 5.06. The molecule has 0 aromatic carbocycles. The number of hydrogen-bond acceptors (Lipinski definition) is 6. The number of rotatable bonds is 2. The van der Waals surface area contributed by atoms with E-state index in [0.29, 0.717) is 24.2 Å². The number of hydrogen-bond donors (Lipinski definition) is 3. The smallest absolute Gasteiger partial charge is 0.276 e. The molecule has 2 aromatic heterocycles. The number of alkyl halides is 2. The van der Waals surface area contributed by atoms with E-state index in [1.807, 2.05) is 0 Å². The van der Waals surface area contributed by atoms with Gasteiger partial charge in [0.1, 0.15) is 35.0 Å². The van der Waals surface area contributed by atoms with Gasteiger partial charge in [-0.25, -0.2) is 18.7 Å². The van der Waals surface area contributed by atoms with Crippen LogP contribution < -0.4 is 21.9 Å². The molecule has 0 atom stereocenters. The maximum absolute atomic E-state index is 13.4. The van der Waals surface area contributed by atoms with Crippen molar-refractivity contribution in [3.8, 4) is 0 Å². The Morgan fingerprint density at radius 1 is 1.18 bits per heavy atom. The Hall–Kier alpha value is -3.04. The molecule has 2 spiro atoms. The zero-order valence-corrected chi connectivity index (χ0v) is 15.1. The van der Waals surface area contributed by atoms with Crippen LogP contribution in [0.25, 0.3) is 0 Å². The molecule has 3 aliphatic rings. The topological polar surface area (TPSA) is 115 Å². The molecular weight excluding hydrogens is 370 g/mol. The van der Waals surface area contributed by atoms with Crippen molar-refractivity contribution >= 4 is 23.2 Å². The van der Waals surface area contributed by atoms with Gasteiger partial charge >= 0.3 is 0 Å². The third kappa shape index (κ3) is 2.26. The molecule has 0 radical (unpaired) electrons. The molecule has 5 rings (SSSR count). The summed E-state index contributed by atoms with van der Waals surface area (Å²) in [6.45, 7) is 1.73. The van der Waals surface area contributed by atoms with Crippen LogP contribution >= 0.6 is 0 Å². The molecule has 0 saturated heterocycles. The summed E-state index contributed by atoms with van der Waals surface area (Å²) in [6.07, 6.45) is 1.54. The molecule has 4 N–H and O–H groups in total. The summed E-state index contributed by atoms with van der Waals surface area (Å²) in [5.74, 6) is -2.41. The Balaban J connectivity index is 1.54. The number of nitrogens with one attached hydrogen (secondary N) is 2. The van der Waals surface area contributed by atoms with Crippen molar-refractivity contribution in [2.75, 3.05) is 11.1 Å². The number of aromatic nitrogens is 3. The van der Waals surface area contributed by atoms with E-state index < -0.39 is 22.6 Å². The average Bonchev–Trinajstić information content (AvgIpc) is 2.84. The molecule has 2 aliphatic carbocycles. The quantitative estimate of drug-likeness (QED) is 0.724. The number of nitrogens with zero attached hydrogens (tertiary/aromatic N) is 3. The van der Waals surface area contributed by atoms with Crippen LogP contribution in [0.15, 0.2) is 23.3 Å². The highest BCUT2D eigenvalue weighted by Gasteiger charge is 2.69. The summed E-state index contributed by atoms with van der Waals surface area (Å²) in [5, 5.41) is 5.79. The summed E-state index contributed by atoms with van der Waals surface area (Å²) in [5.41, 5.74) is 4.92. The summed E-state index contributed by atoms with van der Waals surface area (Å²) in [6, 6.07) is 3.07. The number of nitrogens with two attached hydrogens (primary N) is 1. The third-order valence-electron chi connectivity index (χ3n) is 5.93. The minimum absolute atomic E-state index is 0.196. The number of anilines is 3. The van der Waals surface area contributed by atoms with Gasteiger partial charge in [0, 0.05) is 18.9 Å². The molecule has 3 heterocycles. The first-order valence-corrected chi connectivity index (χ1v) is 8.94. The summed E-state index contributed by atoms with van der Waals surface area (Å²) in [4.78, 5) is 33.6. The van der Waals surface area contributed by atoms with E-state index >= 15 is 0 Å². The Morgan fingerprint density at radius 3 is 2.54 bits per heavy atom. The van der Waals surface area contributed by atoms with Crippen molar-refractivity contribution in [1.29, 1.82) is 0 Å². The molecule has 1 amide bonds. The Morgan fingerprint density at radius 2 is 1.89 bits per heavy atom. The molecule has 10 heteroatoms. The molecular formula is C18H18F2N6O2. The molecule has 2 fully saturated rings. The molecule has 8 nitrogen and oxygen atoms in total. The number of aryl methyl sites for hydroxylation is 1. The van der Waals surface area contributed by atoms with Crippen molar-refractivity contribution in [2.24, 2.45) is 5.41 Å². The van der Waals surface area contributed by atoms with Gasteiger partial charge in [0.25, 0.3) is 11.5 Å². The van der Waals surface area contributed by atoms with E-state index in [0.717, 1.165) is 0 Å². The van der Waals surface area contributed by atoms with Crippen LogP contribution in [-0.4, -0.2) is 26.4 Å². The minimum Gasteiger partial charge on any atom is -0.384 e. The lowest BCUT2D eigenvalue weighted by atomic mass is 9.50. The fourth-order valence-corrected chi connectivity index (χ4v) is 5.16. The second-order valence-corrected chi connectivity index (χ2v) is 8.23. The highest BCUT2D eigenvalue weighted by Crippen LogP contribution is 2.67. The molecule has 1 aliphatic heterocycles. The van der Waals surface area contributed by atoms with E-state index in [1.165, 1.54) is 17.0 Å². The third-order valence-corrected chi connectivity index (χ3v) is 5.93. The van der Waals surface area contributed by atoms with E-state index in [2.05, 4.69) is 20.6 Å². The van der Waals surface area contributed by atoms with E-state index in [4.69, 9.17) is 5.73 Å². The lowest BCUT2D eigenvalue weighted by Gasteiger charge is -2.61. The molecule has 0 unspecified atom stereocenters. The first-order chi connectivity index (χ1) is 13.1. The predicted octanol–water partition coefficient (Wildman–Crippen LogP) is 1.88. The van der Waals surface area contributed by atoms with Crippen molar-refractivity contribution in [2.45, 2.75) is 44.2 Å². The van der Waals surface area contributed by atoms with Crippen LogP contribution in [-0.2, 0) is 5.66 Å². The molecule has 0 bridgehead atoms. The number of amides is 1. The second-order valence-electron chi connectivity index (χ2n) is 8.23. The lowest BCUT2D eigenvalue weighted by molar-refractivity contribution is -0.228. The lowest BCUT2D eigenvalue weighted by Crippen LogP contribution is -2.67. The molecule has 2 aromatic rings. The van der Waals surface area contributed by atoms with Crippen LogP contribution in [0.2, 0.25) is 0 Å². The van der Waals surface area contributed by atoms with Gasteiger partial charge in [-0.3, -0.25) is 14.2 Å². The van der Waals surface area contributed by atoms with Crippen LogP contribution in [0.5, 0.6) is 0 Å². The number of carbonyl (C=O) groups excluding carboxylic acids is 1. The van der Waals surface area contributed by atoms with Crippen molar-refractivity contribution in [3.05, 3.63) is 40.1 Å². The number of pyridine rings is 1. The van der Waals surface area contributed by atoms with Crippen LogP contribution in [0.4, 0.5) is 26.1 Å². The van der Waals surface area contributed by atoms with Gasteiger partial charge < -0.3 is 16.4 Å². The van der Waals surface area contributed by atoms with E-state index in [1.54, 1.807) is 13.0 Å². The fraction of sp³-hybridized carbons (Fsp3) is 0.444. The Bertz CT molecular complexity index is 1080. The summed E-state index contributed by atoms with van der Waals surface area (Å²) < 4.78 is 28.2. The summed E-state index contributed by atoms with van der Waals surface area (Å²) in [7, 11) is 0. The van der Waals surface area contributed by atoms with Crippen LogP contribution in [0, 0.1) is 12.3 Å². The SMILES string of the molecule is Cc1cc(Nc2cc(N)ncn2)c(=O)n2c1C(=O)NC21CC2(CC(F)(F)C2)C1. The van der Waals surface area contributed by atoms with E-state index in [9.17, 15) is 18.4 Å². The molecule has 2 saturated carbocycles. The van der Waals surface area contributed by atoms with Gasteiger partial charge in [-0.1, -0.05) is 0 Å². The normalized spacial score (nSPS) is 22.3. The maximum Gasteiger partial charge on any atom is 0.276 e. The van der Waals surface area contributed by atoms with Crippen LogP contribution in [0.3, 0.4) is 0 Å². The van der Waals surface area contributed by atoms with Crippen molar-refractivity contribution in [1.82, 2.24) is 19.9 Å². The van der Waals surface area contributed by atoms with Crippen molar-refractivity contribution in [3.63, 3.8) is 0 Å². The van der Waals surface area contributed by atoms with Gasteiger partial charge in [-0.05, 0) is 36.8 Å². The molecule has 28 heavy (non-hydrogen) atoms. The van der Waals surface area contributed by atoms with Crippen LogP contribution in [0.1, 0.15) is 41.7 Å². The Kier molecular flexibility index (Phi) is 3.09. The first-order valence-electron chi connectivity index (χ1n) is 8.94. The minimum atomic E-state index is -2.65. The van der Waals surface area contributed by atoms with Gasteiger partial charge in [0.2, 0.25) is 5.92 Å². The predicted molar refractivity (Wildman–Crippen MR) is 96.5 cm³/mol. The number of halogens is 2. The number of fused-ring (bicyclic) bond motifs is 2. The number of nitrogen functional groups attached to an aromatic ring is 1. The summed E-state index contributed by atoms with van der Waals surface area (Å²) >= 11 is 0. The Labute approximate surface area is 158 Å². The van der Waals surface area contributed by atoms with Crippen molar-refractivity contribution < 1.29 is 13.6 Å². The zero-order chi connectivity index (χ0) is 19.9. The standard InChI is InChI=1S/C18H18F2N6O2/c1-9-2-10(24-12-3-11(21)22-8-23-12)15(28)26-13(9)14(27)25-18(26)6-16(7-18)4-17(19,20)5-16/h2-3,8H,4-7H2,1H3,(H,25,27)(H3,21,22,23,24). The highest BCUT2D eigenvalue weighted by molar-refractivity contribution is 5.97. The first kappa shape index (κ1) is 17.1. The van der Waals surface area contributed by atoms with Gasteiger partial charge in [-0.2, -0.15) is 0 Å². The fourth-order valence-electron chi connectivity index (χ4n) is 5.16. The number of carbonyl (C=O) groups is 1. The van der Waals surface area contributed by atoms with E-state index in [-0.39, 0.29) is 35.9 Å². The monoisotopic (exact) mass is 388 g/mol. The highest BCUT2D eigenvalue weighted by atomic mass is 19.3. The zero-order valence-electron chi connectivity index (χ0n) is 15.1.